The maximum absolute atomic E-state index is 12.3. The summed E-state index contributed by atoms with van der Waals surface area (Å²) in [4.78, 5) is 27.9. The largest absolute Gasteiger partial charge is 0.455 e. The van der Waals surface area contributed by atoms with Crippen molar-refractivity contribution in [1.29, 1.82) is 0 Å². The minimum absolute atomic E-state index is 0.341. The predicted octanol–water partition coefficient (Wildman–Crippen LogP) is 2.32. The number of ether oxygens (including phenoxy) is 1. The second-order valence-electron chi connectivity index (χ2n) is 5.33. The van der Waals surface area contributed by atoms with E-state index in [0.717, 1.165) is 4.70 Å². The Morgan fingerprint density at radius 3 is 2.69 bits per heavy atom. The van der Waals surface area contributed by atoms with Gasteiger partial charge in [0.05, 0.1) is 22.4 Å². The Balaban J connectivity index is 1.87. The number of carbonyl (C=O) groups is 2. The van der Waals surface area contributed by atoms with Crippen LogP contribution in [0.2, 0.25) is 5.02 Å². The van der Waals surface area contributed by atoms with E-state index < -0.39 is 24.5 Å². The van der Waals surface area contributed by atoms with E-state index in [1.165, 1.54) is 11.3 Å². The van der Waals surface area contributed by atoms with Crippen LogP contribution in [-0.2, 0) is 4.79 Å². The van der Waals surface area contributed by atoms with Crippen molar-refractivity contribution in [3.05, 3.63) is 52.6 Å². The minimum atomic E-state index is -1.14. The van der Waals surface area contributed by atoms with E-state index in [0.29, 0.717) is 26.8 Å². The number of aliphatic hydroxyl groups excluding tert-OH is 1. The molecule has 134 valence electrons. The molecule has 1 aromatic carbocycles. The van der Waals surface area contributed by atoms with Crippen molar-refractivity contribution >= 4 is 44.8 Å². The maximum atomic E-state index is 12.3. The normalized spacial score (nSPS) is 11.9. The Labute approximate surface area is 157 Å². The molecule has 1 atom stereocenters. The van der Waals surface area contributed by atoms with Gasteiger partial charge in [-0.25, -0.2) is 0 Å². The number of aliphatic hydroxyl groups is 1. The van der Waals surface area contributed by atoms with E-state index in [-0.39, 0.29) is 0 Å². The molecular formula is C17H14ClN3O4S. The topological polar surface area (TPSA) is 115 Å². The Kier molecular flexibility index (Phi) is 5.36. The van der Waals surface area contributed by atoms with Crippen LogP contribution >= 0.6 is 22.9 Å². The second kappa shape index (κ2) is 7.69. The van der Waals surface area contributed by atoms with E-state index in [2.05, 4.69) is 10.3 Å². The van der Waals surface area contributed by atoms with Gasteiger partial charge in [-0.2, -0.15) is 0 Å². The monoisotopic (exact) mass is 391 g/mol. The number of fused-ring (bicyclic) bond motifs is 1. The average molecular weight is 392 g/mol. The molecule has 9 heteroatoms. The standard InChI is InChI=1S/C17H14ClN3O4S/c18-9-1-3-10(4-2-9)25-13-6-20-7-15-11(13)5-14(26-15)17(24)21-12(8-22)16(19)23/h1-7,12,22H,8H2,(H2,19,23)(H,21,24)/t12-/m0/s1. The first-order valence-electron chi connectivity index (χ1n) is 7.50. The molecule has 0 saturated carbocycles. The Hall–Kier alpha value is -2.68. The van der Waals surface area contributed by atoms with Gasteiger partial charge in [0.25, 0.3) is 5.91 Å². The summed E-state index contributed by atoms with van der Waals surface area (Å²) in [7, 11) is 0. The van der Waals surface area contributed by atoms with Crippen LogP contribution in [0, 0.1) is 0 Å². The summed E-state index contributed by atoms with van der Waals surface area (Å²) in [6.07, 6.45) is 3.16. The van der Waals surface area contributed by atoms with Gasteiger partial charge in [0.15, 0.2) is 5.75 Å². The van der Waals surface area contributed by atoms with Gasteiger partial charge in [-0.05, 0) is 30.3 Å². The lowest BCUT2D eigenvalue weighted by molar-refractivity contribution is -0.120. The third-order valence-corrected chi connectivity index (χ3v) is 4.83. The van der Waals surface area contributed by atoms with Crippen LogP contribution in [-0.4, -0.2) is 34.6 Å². The number of aromatic nitrogens is 1. The zero-order chi connectivity index (χ0) is 18.7. The summed E-state index contributed by atoms with van der Waals surface area (Å²) >= 11 is 7.05. The van der Waals surface area contributed by atoms with Gasteiger partial charge in [0, 0.05) is 16.6 Å². The fourth-order valence-electron chi connectivity index (χ4n) is 2.19. The number of hydrogen-bond donors (Lipinski definition) is 3. The molecule has 0 spiro atoms. The number of primary amides is 1. The highest BCUT2D eigenvalue weighted by Crippen LogP contribution is 2.34. The summed E-state index contributed by atoms with van der Waals surface area (Å²) in [5, 5.41) is 12.8. The number of nitrogens with one attached hydrogen (secondary N) is 1. The molecule has 0 aliphatic rings. The molecule has 2 amide bonds. The molecule has 0 aliphatic heterocycles. The lowest BCUT2D eigenvalue weighted by atomic mass is 10.2. The lowest BCUT2D eigenvalue weighted by Gasteiger charge is -2.11. The van der Waals surface area contributed by atoms with Crippen molar-refractivity contribution < 1.29 is 19.4 Å². The van der Waals surface area contributed by atoms with Gasteiger partial charge in [-0.3, -0.25) is 14.6 Å². The lowest BCUT2D eigenvalue weighted by Crippen LogP contribution is -2.46. The second-order valence-corrected chi connectivity index (χ2v) is 6.85. The first-order chi connectivity index (χ1) is 12.5. The van der Waals surface area contributed by atoms with Crippen LogP contribution < -0.4 is 15.8 Å². The van der Waals surface area contributed by atoms with Crippen molar-refractivity contribution in [2.75, 3.05) is 6.61 Å². The highest BCUT2D eigenvalue weighted by molar-refractivity contribution is 7.20. The number of hydrogen-bond acceptors (Lipinski definition) is 6. The summed E-state index contributed by atoms with van der Waals surface area (Å²) in [5.41, 5.74) is 5.12. The Bertz CT molecular complexity index is 958. The van der Waals surface area contributed by atoms with E-state index in [9.17, 15) is 9.59 Å². The van der Waals surface area contributed by atoms with Gasteiger partial charge in [0.2, 0.25) is 5.91 Å². The minimum Gasteiger partial charge on any atom is -0.455 e. The number of nitrogens with zero attached hydrogens (tertiary/aromatic N) is 1. The number of pyridine rings is 1. The molecule has 2 aromatic heterocycles. The van der Waals surface area contributed by atoms with Crippen molar-refractivity contribution in [3.8, 4) is 11.5 Å². The fourth-order valence-corrected chi connectivity index (χ4v) is 3.27. The Morgan fingerprint density at radius 2 is 2.04 bits per heavy atom. The fraction of sp³-hybridized carbons (Fsp3) is 0.118. The number of nitrogens with two attached hydrogens (primary N) is 1. The summed E-state index contributed by atoms with van der Waals surface area (Å²) in [6, 6.07) is 7.35. The van der Waals surface area contributed by atoms with Crippen LogP contribution in [0.4, 0.5) is 0 Å². The molecule has 0 fully saturated rings. The molecule has 4 N–H and O–H groups in total. The van der Waals surface area contributed by atoms with Gasteiger partial charge in [0.1, 0.15) is 11.8 Å². The molecule has 0 radical (unpaired) electrons. The van der Waals surface area contributed by atoms with E-state index in [1.807, 2.05) is 0 Å². The molecule has 3 rings (SSSR count). The highest BCUT2D eigenvalue weighted by atomic mass is 35.5. The number of carbonyl (C=O) groups excluding carboxylic acids is 2. The van der Waals surface area contributed by atoms with Crippen LogP contribution in [0.25, 0.3) is 10.1 Å². The number of amides is 2. The van der Waals surface area contributed by atoms with Gasteiger partial charge in [-0.1, -0.05) is 11.6 Å². The van der Waals surface area contributed by atoms with Crippen molar-refractivity contribution in [1.82, 2.24) is 10.3 Å². The van der Waals surface area contributed by atoms with Crippen molar-refractivity contribution in [2.45, 2.75) is 6.04 Å². The van der Waals surface area contributed by atoms with E-state index in [1.54, 1.807) is 42.7 Å². The van der Waals surface area contributed by atoms with Crippen LogP contribution in [0.5, 0.6) is 11.5 Å². The smallest absolute Gasteiger partial charge is 0.262 e. The molecule has 0 bridgehead atoms. The molecular weight excluding hydrogens is 378 g/mol. The molecule has 0 aliphatic carbocycles. The summed E-state index contributed by atoms with van der Waals surface area (Å²) < 4.78 is 6.56. The third-order valence-electron chi connectivity index (χ3n) is 3.51. The number of rotatable bonds is 6. The Morgan fingerprint density at radius 1 is 1.31 bits per heavy atom. The third kappa shape index (κ3) is 3.93. The maximum Gasteiger partial charge on any atom is 0.262 e. The van der Waals surface area contributed by atoms with E-state index >= 15 is 0 Å². The number of halogens is 1. The van der Waals surface area contributed by atoms with Crippen molar-refractivity contribution in [2.24, 2.45) is 5.73 Å². The molecule has 7 nitrogen and oxygen atoms in total. The van der Waals surface area contributed by atoms with Crippen molar-refractivity contribution in [3.63, 3.8) is 0 Å². The molecule has 3 aromatic rings. The molecule has 2 heterocycles. The molecule has 26 heavy (non-hydrogen) atoms. The summed E-state index contributed by atoms with van der Waals surface area (Å²) in [5.74, 6) is -0.263. The first kappa shape index (κ1) is 18.1. The predicted molar refractivity (Wildman–Crippen MR) is 98.7 cm³/mol. The quantitative estimate of drug-likeness (QED) is 0.596. The first-order valence-corrected chi connectivity index (χ1v) is 8.69. The van der Waals surface area contributed by atoms with E-state index in [4.69, 9.17) is 27.2 Å². The van der Waals surface area contributed by atoms with Gasteiger partial charge < -0.3 is 20.9 Å². The van der Waals surface area contributed by atoms with Gasteiger partial charge >= 0.3 is 0 Å². The summed E-state index contributed by atoms with van der Waals surface area (Å²) in [6.45, 7) is -0.571. The number of benzene rings is 1. The molecule has 0 unspecified atom stereocenters. The van der Waals surface area contributed by atoms with Gasteiger partial charge in [-0.15, -0.1) is 11.3 Å². The van der Waals surface area contributed by atoms with Crippen LogP contribution in [0.3, 0.4) is 0 Å². The van der Waals surface area contributed by atoms with Crippen LogP contribution in [0.15, 0.2) is 42.7 Å². The zero-order valence-electron chi connectivity index (χ0n) is 13.3. The number of thiophene rings is 1. The average Bonchev–Trinajstić information content (AvgIpc) is 3.06. The highest BCUT2D eigenvalue weighted by Gasteiger charge is 2.20. The molecule has 0 saturated heterocycles. The zero-order valence-corrected chi connectivity index (χ0v) is 14.9. The SMILES string of the molecule is NC(=O)[C@H](CO)NC(=O)c1cc2c(Oc3ccc(Cl)cc3)cncc2s1. The van der Waals surface area contributed by atoms with Crippen LogP contribution in [0.1, 0.15) is 9.67 Å².